The van der Waals surface area contributed by atoms with E-state index in [9.17, 15) is 27.6 Å². The molecule has 0 unspecified atom stereocenters. The van der Waals surface area contributed by atoms with Crippen molar-refractivity contribution in [1.82, 2.24) is 29.5 Å². The number of hydrogen-bond acceptors (Lipinski definition) is 6. The van der Waals surface area contributed by atoms with E-state index in [4.69, 9.17) is 0 Å². The molecule has 0 aliphatic heterocycles. The molecule has 0 saturated carbocycles. The first-order valence-electron chi connectivity index (χ1n) is 10.6. The van der Waals surface area contributed by atoms with Crippen molar-refractivity contribution in [3.05, 3.63) is 83.8 Å². The number of nitrogens with one attached hydrogen (secondary N) is 1. The van der Waals surface area contributed by atoms with Crippen LogP contribution in [0, 0.1) is 17.1 Å². The van der Waals surface area contributed by atoms with Gasteiger partial charge in [-0.1, -0.05) is 0 Å². The van der Waals surface area contributed by atoms with Gasteiger partial charge in [-0.3, -0.25) is 19.4 Å². The first-order chi connectivity index (χ1) is 17.7. The summed E-state index contributed by atoms with van der Waals surface area (Å²) in [5.74, 6) is -1.78. The monoisotopic (exact) mass is 506 g/mol. The van der Waals surface area contributed by atoms with Gasteiger partial charge >= 0.3 is 6.18 Å². The molecule has 0 radical (unpaired) electrons. The lowest BCUT2D eigenvalue weighted by molar-refractivity contribution is -0.141. The SMILES string of the molecule is Cn1ccc(-c2ncc(NC(=O)c3cn(-c4ccc(F)c5ncccc45)nc3C(F)(F)F)cc2C#N)n1. The zero-order valence-corrected chi connectivity index (χ0v) is 18.8. The smallest absolute Gasteiger partial charge is 0.320 e. The van der Waals surface area contributed by atoms with Gasteiger partial charge in [-0.15, -0.1) is 0 Å². The molecule has 5 rings (SSSR count). The number of pyridine rings is 2. The summed E-state index contributed by atoms with van der Waals surface area (Å²) in [5.41, 5.74) is -1.45. The Kier molecular flexibility index (Phi) is 5.63. The standard InChI is InChI=1S/C24H14F4N8O/c1-35-8-6-18(33-35)20-13(10-29)9-14(11-31-20)32-23(37)16-12-36(34-22(16)24(26,27)28)19-5-4-17(25)21-15(19)3-2-7-30-21/h2-9,11-12H,1H3,(H,32,37). The van der Waals surface area contributed by atoms with Crippen molar-refractivity contribution in [1.29, 1.82) is 5.26 Å². The molecule has 1 N–H and O–H groups in total. The molecule has 1 amide bonds. The fraction of sp³-hybridized carbons (Fsp3) is 0.0833. The van der Waals surface area contributed by atoms with E-state index < -0.39 is 29.2 Å². The average Bonchev–Trinajstić information content (AvgIpc) is 3.51. The quantitative estimate of drug-likeness (QED) is 0.359. The van der Waals surface area contributed by atoms with Crippen LogP contribution in [-0.2, 0) is 13.2 Å². The van der Waals surface area contributed by atoms with Crippen LogP contribution in [0.2, 0.25) is 0 Å². The molecule has 184 valence electrons. The number of halogens is 4. The highest BCUT2D eigenvalue weighted by Gasteiger charge is 2.39. The zero-order valence-electron chi connectivity index (χ0n) is 18.8. The fourth-order valence-corrected chi connectivity index (χ4v) is 3.76. The van der Waals surface area contributed by atoms with E-state index in [0.29, 0.717) is 5.69 Å². The van der Waals surface area contributed by atoms with Crippen LogP contribution in [0.5, 0.6) is 0 Å². The summed E-state index contributed by atoms with van der Waals surface area (Å²) in [6, 6.07) is 10.1. The summed E-state index contributed by atoms with van der Waals surface area (Å²) in [6.07, 6.45) is 0.148. The highest BCUT2D eigenvalue weighted by Crippen LogP contribution is 2.33. The van der Waals surface area contributed by atoms with Crippen LogP contribution in [0.4, 0.5) is 23.2 Å². The summed E-state index contributed by atoms with van der Waals surface area (Å²) in [4.78, 5) is 21.0. The van der Waals surface area contributed by atoms with Gasteiger partial charge < -0.3 is 5.32 Å². The Bertz CT molecular complexity index is 1710. The minimum absolute atomic E-state index is 0.00135. The van der Waals surface area contributed by atoms with Gasteiger partial charge in [-0.2, -0.15) is 28.6 Å². The van der Waals surface area contributed by atoms with E-state index in [1.165, 1.54) is 41.3 Å². The van der Waals surface area contributed by atoms with Crippen molar-refractivity contribution < 1.29 is 22.4 Å². The predicted molar refractivity (Wildman–Crippen MR) is 123 cm³/mol. The second-order valence-corrected chi connectivity index (χ2v) is 7.86. The highest BCUT2D eigenvalue weighted by molar-refractivity contribution is 6.05. The molecular formula is C24H14F4N8O. The number of carbonyl (C=O) groups is 1. The molecule has 0 atom stereocenters. The third-order valence-corrected chi connectivity index (χ3v) is 5.39. The molecule has 9 nitrogen and oxygen atoms in total. The van der Waals surface area contributed by atoms with Crippen molar-refractivity contribution in [3.8, 4) is 23.1 Å². The van der Waals surface area contributed by atoms with Crippen molar-refractivity contribution in [2.75, 3.05) is 5.32 Å². The highest BCUT2D eigenvalue weighted by atomic mass is 19.4. The summed E-state index contributed by atoms with van der Waals surface area (Å²) in [7, 11) is 1.69. The molecule has 5 aromatic rings. The van der Waals surface area contributed by atoms with Crippen molar-refractivity contribution in [2.45, 2.75) is 6.18 Å². The topological polar surface area (TPSA) is 114 Å². The lowest BCUT2D eigenvalue weighted by Gasteiger charge is -2.08. The Morgan fingerprint density at radius 1 is 1.14 bits per heavy atom. The van der Waals surface area contributed by atoms with E-state index >= 15 is 0 Å². The van der Waals surface area contributed by atoms with E-state index in [-0.39, 0.29) is 33.5 Å². The van der Waals surface area contributed by atoms with Gasteiger partial charge in [0.25, 0.3) is 5.91 Å². The van der Waals surface area contributed by atoms with Crippen molar-refractivity contribution in [3.63, 3.8) is 0 Å². The van der Waals surface area contributed by atoms with E-state index in [1.54, 1.807) is 19.3 Å². The van der Waals surface area contributed by atoms with Crippen molar-refractivity contribution >= 4 is 22.5 Å². The molecule has 1 aromatic carbocycles. The predicted octanol–water partition coefficient (Wildman–Crippen LogP) is 4.50. The number of benzene rings is 1. The van der Waals surface area contributed by atoms with E-state index in [2.05, 4.69) is 25.5 Å². The number of carbonyl (C=O) groups excluding carboxylic acids is 1. The Labute approximate surface area is 205 Å². The lowest BCUT2D eigenvalue weighted by Crippen LogP contribution is -2.18. The van der Waals surface area contributed by atoms with Gasteiger partial charge in [0.2, 0.25) is 0 Å². The maximum atomic E-state index is 14.2. The molecule has 37 heavy (non-hydrogen) atoms. The van der Waals surface area contributed by atoms with Crippen LogP contribution >= 0.6 is 0 Å². The minimum atomic E-state index is -4.97. The molecule has 4 aromatic heterocycles. The summed E-state index contributed by atoms with van der Waals surface area (Å²) < 4.78 is 58.0. The number of aryl methyl sites for hydroxylation is 1. The molecule has 4 heterocycles. The fourth-order valence-electron chi connectivity index (χ4n) is 3.76. The number of nitrogens with zero attached hydrogens (tertiary/aromatic N) is 7. The molecule has 0 bridgehead atoms. The van der Waals surface area contributed by atoms with Crippen LogP contribution < -0.4 is 5.32 Å². The number of alkyl halides is 3. The Morgan fingerprint density at radius 2 is 1.95 bits per heavy atom. The number of aromatic nitrogens is 6. The molecule has 13 heteroatoms. The van der Waals surface area contributed by atoms with E-state index in [1.807, 2.05) is 6.07 Å². The second kappa shape index (κ2) is 8.83. The maximum Gasteiger partial charge on any atom is 0.435 e. The first-order valence-corrected chi connectivity index (χ1v) is 10.6. The Hall–Kier alpha value is -5.12. The minimum Gasteiger partial charge on any atom is -0.320 e. The summed E-state index contributed by atoms with van der Waals surface area (Å²) >= 11 is 0. The lowest BCUT2D eigenvalue weighted by atomic mass is 10.1. The van der Waals surface area contributed by atoms with Gasteiger partial charge in [0.1, 0.15) is 28.8 Å². The van der Waals surface area contributed by atoms with Gasteiger partial charge in [-0.05, 0) is 36.4 Å². The molecule has 0 saturated heterocycles. The average molecular weight is 506 g/mol. The molecule has 0 aliphatic carbocycles. The van der Waals surface area contributed by atoms with Gasteiger partial charge in [0.15, 0.2) is 5.69 Å². The summed E-state index contributed by atoms with van der Waals surface area (Å²) in [6.45, 7) is 0. The number of hydrogen-bond donors (Lipinski definition) is 1. The van der Waals surface area contributed by atoms with Crippen LogP contribution in [-0.4, -0.2) is 35.4 Å². The zero-order chi connectivity index (χ0) is 26.3. The Morgan fingerprint density at radius 3 is 2.65 bits per heavy atom. The normalized spacial score (nSPS) is 11.5. The summed E-state index contributed by atoms with van der Waals surface area (Å²) in [5, 5.41) is 19.8. The van der Waals surface area contributed by atoms with Crippen LogP contribution in [0.15, 0.2) is 61.2 Å². The Balaban J connectivity index is 1.53. The van der Waals surface area contributed by atoms with Gasteiger partial charge in [0, 0.05) is 31.0 Å². The number of nitriles is 1. The van der Waals surface area contributed by atoms with E-state index in [0.717, 1.165) is 16.9 Å². The molecule has 0 spiro atoms. The number of rotatable bonds is 4. The molecule has 0 fully saturated rings. The van der Waals surface area contributed by atoms with Crippen LogP contribution in [0.25, 0.3) is 28.0 Å². The van der Waals surface area contributed by atoms with Crippen LogP contribution in [0.1, 0.15) is 21.6 Å². The van der Waals surface area contributed by atoms with Crippen LogP contribution in [0.3, 0.4) is 0 Å². The second-order valence-electron chi connectivity index (χ2n) is 7.86. The number of amides is 1. The maximum absolute atomic E-state index is 14.2. The number of anilines is 1. The van der Waals surface area contributed by atoms with Gasteiger partial charge in [0.05, 0.1) is 28.7 Å². The molecule has 0 aliphatic rings. The first kappa shape index (κ1) is 23.6. The van der Waals surface area contributed by atoms with Crippen molar-refractivity contribution in [2.24, 2.45) is 7.05 Å². The number of fused-ring (bicyclic) bond motifs is 1. The molecular weight excluding hydrogens is 492 g/mol. The largest absolute Gasteiger partial charge is 0.435 e. The van der Waals surface area contributed by atoms with Gasteiger partial charge in [-0.25, -0.2) is 9.07 Å². The third-order valence-electron chi connectivity index (χ3n) is 5.39. The third kappa shape index (κ3) is 4.36.